The number of nitrogens with two attached hydrogens (primary N) is 1. The molecule has 156 valence electrons. The second-order valence-electron chi connectivity index (χ2n) is 8.52. The first kappa shape index (κ1) is 18.8. The summed E-state index contributed by atoms with van der Waals surface area (Å²) in [5, 5.41) is 0. The maximum absolute atomic E-state index is 13.2. The molecule has 9 heteroatoms. The van der Waals surface area contributed by atoms with Gasteiger partial charge in [-0.3, -0.25) is 0 Å². The van der Waals surface area contributed by atoms with Crippen LogP contribution in [-0.2, 0) is 12.6 Å². The second kappa shape index (κ2) is 6.68. The lowest BCUT2D eigenvalue weighted by atomic mass is 10.1. The lowest BCUT2D eigenvalue weighted by molar-refractivity contribution is -0.137. The molecule has 0 bridgehead atoms. The van der Waals surface area contributed by atoms with Gasteiger partial charge < -0.3 is 15.2 Å². The molecule has 0 radical (unpaired) electrons. The molecule has 2 aromatic heterocycles. The molecular formula is C20H23F4N5. The summed E-state index contributed by atoms with van der Waals surface area (Å²) in [7, 11) is 0. The van der Waals surface area contributed by atoms with Crippen LogP contribution in [-0.4, -0.2) is 45.7 Å². The zero-order valence-corrected chi connectivity index (χ0v) is 15.9. The summed E-state index contributed by atoms with van der Waals surface area (Å²) in [6.07, 6.45) is 1.86. The van der Waals surface area contributed by atoms with Crippen molar-refractivity contribution in [1.82, 2.24) is 19.4 Å². The van der Waals surface area contributed by atoms with Gasteiger partial charge in [0.05, 0.1) is 11.3 Å². The quantitative estimate of drug-likeness (QED) is 0.741. The highest BCUT2D eigenvalue weighted by Crippen LogP contribution is 2.56. The van der Waals surface area contributed by atoms with Crippen LogP contribution in [0.4, 0.5) is 23.4 Å². The molecule has 1 saturated heterocycles. The molecule has 5 nitrogen and oxygen atoms in total. The third kappa shape index (κ3) is 3.49. The number of pyridine rings is 1. The Bertz CT molecular complexity index is 908. The van der Waals surface area contributed by atoms with Gasteiger partial charge in [0.15, 0.2) is 0 Å². The monoisotopic (exact) mass is 409 g/mol. The number of anilines is 1. The van der Waals surface area contributed by atoms with Crippen LogP contribution in [0.2, 0.25) is 0 Å². The van der Waals surface area contributed by atoms with Gasteiger partial charge in [0.1, 0.15) is 18.3 Å². The summed E-state index contributed by atoms with van der Waals surface area (Å²) in [5.74, 6) is 1.96. The molecule has 1 aliphatic heterocycles. The van der Waals surface area contributed by atoms with E-state index in [0.717, 1.165) is 31.4 Å². The highest BCUT2D eigenvalue weighted by atomic mass is 19.4. The van der Waals surface area contributed by atoms with Gasteiger partial charge in [-0.25, -0.2) is 14.4 Å². The minimum atomic E-state index is -4.56. The van der Waals surface area contributed by atoms with E-state index in [2.05, 4.69) is 14.5 Å². The molecule has 3 aliphatic rings. The van der Waals surface area contributed by atoms with Crippen LogP contribution in [0.3, 0.4) is 0 Å². The molecule has 2 N–H and O–H groups in total. The Morgan fingerprint density at radius 1 is 1.17 bits per heavy atom. The zero-order chi connectivity index (χ0) is 20.3. The number of imidazole rings is 1. The molecule has 0 aromatic carbocycles. The Kier molecular flexibility index (Phi) is 4.34. The van der Waals surface area contributed by atoms with Crippen molar-refractivity contribution in [2.24, 2.45) is 17.8 Å². The summed E-state index contributed by atoms with van der Waals surface area (Å²) < 4.78 is 54.4. The first-order chi connectivity index (χ1) is 13.8. The normalized spacial score (nSPS) is 26.7. The predicted octanol–water partition coefficient (Wildman–Crippen LogP) is 3.57. The summed E-state index contributed by atoms with van der Waals surface area (Å²) >= 11 is 0. The second-order valence-corrected chi connectivity index (χ2v) is 8.52. The van der Waals surface area contributed by atoms with E-state index < -0.39 is 17.6 Å². The Morgan fingerprint density at radius 3 is 2.52 bits per heavy atom. The minimum absolute atomic E-state index is 0.310. The number of nitrogen functional groups attached to an aromatic ring is 1. The van der Waals surface area contributed by atoms with E-state index >= 15 is 0 Å². The number of aromatic nitrogens is 3. The topological polar surface area (TPSA) is 60.0 Å². The third-order valence-electron chi connectivity index (χ3n) is 6.44. The van der Waals surface area contributed by atoms with Gasteiger partial charge in [0.25, 0.3) is 0 Å². The number of likely N-dealkylation sites (tertiary alicyclic amines) is 1. The minimum Gasteiger partial charge on any atom is -0.383 e. The van der Waals surface area contributed by atoms with E-state index in [1.807, 2.05) is 6.20 Å². The molecule has 2 aromatic rings. The van der Waals surface area contributed by atoms with Crippen LogP contribution in [0.25, 0.3) is 11.3 Å². The Balaban J connectivity index is 1.44. The van der Waals surface area contributed by atoms with Gasteiger partial charge in [-0.15, -0.1) is 0 Å². The van der Waals surface area contributed by atoms with Crippen LogP contribution in [0, 0.1) is 17.8 Å². The summed E-state index contributed by atoms with van der Waals surface area (Å²) in [5.41, 5.74) is 5.33. The average molecular weight is 409 g/mol. The van der Waals surface area contributed by atoms with E-state index in [4.69, 9.17) is 10.7 Å². The van der Waals surface area contributed by atoms with Crippen molar-refractivity contribution in [3.05, 3.63) is 29.8 Å². The van der Waals surface area contributed by atoms with E-state index in [1.54, 1.807) is 0 Å². The lowest BCUT2D eigenvalue weighted by Gasteiger charge is -2.18. The molecule has 3 heterocycles. The van der Waals surface area contributed by atoms with Gasteiger partial charge in [0.2, 0.25) is 0 Å². The number of hydrogen-bond donors (Lipinski definition) is 1. The number of piperidine rings is 1. The Hall–Kier alpha value is -2.16. The standard InChI is InChI=1S/C20H23F4N5/c21-3-4-28-8-13-14(9-28)18(13)29-10-16(27-17(29)5-11-1-2-11)12-6-15(20(22,23)24)19(25)26-7-12/h6-7,10-11,13-14,18H,1-5,8-9H2,(H2,25,26)/t13-,14+,18?. The van der Waals surface area contributed by atoms with Gasteiger partial charge in [-0.1, -0.05) is 0 Å². The Labute approximate surface area is 165 Å². The summed E-state index contributed by atoms with van der Waals surface area (Å²) in [6.45, 7) is 1.88. The molecule has 3 fully saturated rings. The smallest absolute Gasteiger partial charge is 0.383 e. The largest absolute Gasteiger partial charge is 0.419 e. The van der Waals surface area contributed by atoms with Crippen LogP contribution in [0.1, 0.15) is 30.3 Å². The van der Waals surface area contributed by atoms with E-state index in [9.17, 15) is 17.6 Å². The fourth-order valence-corrected chi connectivity index (χ4v) is 4.70. The molecular weight excluding hydrogens is 386 g/mol. The zero-order valence-electron chi connectivity index (χ0n) is 15.9. The van der Waals surface area contributed by atoms with Crippen molar-refractivity contribution in [2.75, 3.05) is 32.0 Å². The van der Waals surface area contributed by atoms with Crippen LogP contribution < -0.4 is 5.73 Å². The molecule has 3 atom stereocenters. The van der Waals surface area contributed by atoms with Gasteiger partial charge >= 0.3 is 6.18 Å². The number of fused-ring (bicyclic) bond motifs is 1. The summed E-state index contributed by atoms with van der Waals surface area (Å²) in [6, 6.07) is 1.34. The van der Waals surface area contributed by atoms with Crippen LogP contribution >= 0.6 is 0 Å². The number of halogens is 4. The van der Waals surface area contributed by atoms with Crippen molar-refractivity contribution in [2.45, 2.75) is 31.5 Å². The maximum Gasteiger partial charge on any atom is 0.419 e. The van der Waals surface area contributed by atoms with Crippen molar-refractivity contribution in [3.8, 4) is 11.3 Å². The first-order valence-electron chi connectivity index (χ1n) is 10.0. The predicted molar refractivity (Wildman–Crippen MR) is 99.7 cm³/mol. The van der Waals surface area contributed by atoms with Crippen molar-refractivity contribution >= 4 is 5.82 Å². The molecule has 2 aliphatic carbocycles. The lowest BCUT2D eigenvalue weighted by Crippen LogP contribution is -2.27. The number of alkyl halides is 4. The molecule has 2 saturated carbocycles. The first-order valence-corrected chi connectivity index (χ1v) is 10.0. The SMILES string of the molecule is Nc1ncc(-c2cn(C3[C@H]4CN(CCF)C[C@@H]34)c(CC3CC3)n2)cc1C(F)(F)F. The van der Waals surface area contributed by atoms with Crippen molar-refractivity contribution in [1.29, 1.82) is 0 Å². The Morgan fingerprint density at radius 2 is 1.90 bits per heavy atom. The van der Waals surface area contributed by atoms with Crippen molar-refractivity contribution in [3.63, 3.8) is 0 Å². The molecule has 0 amide bonds. The molecule has 29 heavy (non-hydrogen) atoms. The molecule has 1 unspecified atom stereocenters. The van der Waals surface area contributed by atoms with Crippen LogP contribution in [0.15, 0.2) is 18.5 Å². The van der Waals surface area contributed by atoms with Crippen LogP contribution in [0.5, 0.6) is 0 Å². The average Bonchev–Trinajstić information content (AvgIpc) is 3.50. The maximum atomic E-state index is 13.2. The fourth-order valence-electron chi connectivity index (χ4n) is 4.70. The summed E-state index contributed by atoms with van der Waals surface area (Å²) in [4.78, 5) is 10.6. The number of nitrogens with zero attached hydrogens (tertiary/aromatic N) is 4. The van der Waals surface area contributed by atoms with Gasteiger partial charge in [-0.2, -0.15) is 13.2 Å². The highest BCUT2D eigenvalue weighted by molar-refractivity contribution is 5.62. The van der Waals surface area contributed by atoms with Gasteiger partial charge in [-0.05, 0) is 36.7 Å². The van der Waals surface area contributed by atoms with E-state index in [-0.39, 0.29) is 6.67 Å². The molecule has 5 rings (SSSR count). The third-order valence-corrected chi connectivity index (χ3v) is 6.44. The van der Waals surface area contributed by atoms with E-state index in [1.165, 1.54) is 19.0 Å². The van der Waals surface area contributed by atoms with Crippen molar-refractivity contribution < 1.29 is 17.6 Å². The fraction of sp³-hybridized carbons (Fsp3) is 0.600. The molecule has 0 spiro atoms. The number of rotatable bonds is 6. The van der Waals surface area contributed by atoms with E-state index in [0.29, 0.717) is 41.6 Å². The van der Waals surface area contributed by atoms with Gasteiger partial charge in [0, 0.05) is 50.1 Å². The number of hydrogen-bond acceptors (Lipinski definition) is 4. The highest BCUT2D eigenvalue weighted by Gasteiger charge is 2.57.